The third-order valence-corrected chi connectivity index (χ3v) is 5.26. The standard InChI is InChI=1S/C11H9Br2ClN4O2S/c1-5-2-6(14)7(15)3-8(5)21(19,20)18-11-10(13)17-9(12)4-16-11/h2-4H,15H2,1H3,(H,16,18). The zero-order chi connectivity index (χ0) is 15.8. The van der Waals surface area contributed by atoms with E-state index < -0.39 is 10.0 Å². The quantitative estimate of drug-likeness (QED) is 0.691. The Bertz CT molecular complexity index is 814. The van der Waals surface area contributed by atoms with Gasteiger partial charge in [0.05, 0.1) is 21.8 Å². The molecule has 112 valence electrons. The number of aromatic nitrogens is 2. The van der Waals surface area contributed by atoms with Gasteiger partial charge in [-0.3, -0.25) is 4.72 Å². The van der Waals surface area contributed by atoms with Gasteiger partial charge in [-0.15, -0.1) is 0 Å². The highest BCUT2D eigenvalue weighted by Crippen LogP contribution is 2.28. The van der Waals surface area contributed by atoms with Crippen LogP contribution in [0.5, 0.6) is 0 Å². The van der Waals surface area contributed by atoms with Crippen LogP contribution in [-0.2, 0) is 10.0 Å². The van der Waals surface area contributed by atoms with Crippen molar-refractivity contribution < 1.29 is 8.42 Å². The van der Waals surface area contributed by atoms with Crippen LogP contribution in [0.4, 0.5) is 11.5 Å². The molecule has 1 heterocycles. The van der Waals surface area contributed by atoms with Crippen molar-refractivity contribution in [1.29, 1.82) is 0 Å². The molecule has 3 N–H and O–H groups in total. The molecule has 0 fully saturated rings. The molecule has 21 heavy (non-hydrogen) atoms. The lowest BCUT2D eigenvalue weighted by Crippen LogP contribution is -2.16. The number of rotatable bonds is 3. The van der Waals surface area contributed by atoms with Gasteiger partial charge in [0.1, 0.15) is 4.60 Å². The monoisotopic (exact) mass is 454 g/mol. The van der Waals surface area contributed by atoms with Gasteiger partial charge in [-0.25, -0.2) is 18.4 Å². The second-order valence-electron chi connectivity index (χ2n) is 4.08. The number of nitrogen functional groups attached to an aromatic ring is 1. The minimum absolute atomic E-state index is 0.0287. The van der Waals surface area contributed by atoms with Crippen molar-refractivity contribution in [3.63, 3.8) is 0 Å². The molecular weight excluding hydrogens is 447 g/mol. The molecule has 1 aromatic heterocycles. The Balaban J connectivity index is 2.46. The third kappa shape index (κ3) is 3.65. The topological polar surface area (TPSA) is 98.0 Å². The van der Waals surface area contributed by atoms with Gasteiger partial charge < -0.3 is 5.73 Å². The lowest BCUT2D eigenvalue weighted by atomic mass is 10.2. The average molecular weight is 457 g/mol. The molecule has 0 radical (unpaired) electrons. The van der Waals surface area contributed by atoms with E-state index in [1.807, 2.05) is 0 Å². The summed E-state index contributed by atoms with van der Waals surface area (Å²) in [5.41, 5.74) is 6.32. The number of anilines is 2. The number of benzene rings is 1. The normalized spacial score (nSPS) is 11.4. The van der Waals surface area contributed by atoms with Crippen molar-refractivity contribution in [1.82, 2.24) is 9.97 Å². The highest BCUT2D eigenvalue weighted by atomic mass is 79.9. The third-order valence-electron chi connectivity index (χ3n) is 2.52. The second kappa shape index (κ2) is 6.07. The Hall–Kier alpha value is -0.900. The second-order valence-corrected chi connectivity index (χ2v) is 7.70. The van der Waals surface area contributed by atoms with Crippen LogP contribution in [0.15, 0.2) is 32.4 Å². The van der Waals surface area contributed by atoms with Crippen molar-refractivity contribution in [3.8, 4) is 0 Å². The fourth-order valence-corrected chi connectivity index (χ4v) is 4.09. The number of hydrogen-bond donors (Lipinski definition) is 2. The van der Waals surface area contributed by atoms with Crippen LogP contribution in [0.25, 0.3) is 0 Å². The summed E-state index contributed by atoms with van der Waals surface area (Å²) in [5, 5.41) is 0.302. The summed E-state index contributed by atoms with van der Waals surface area (Å²) in [5.74, 6) is 0.0751. The van der Waals surface area contributed by atoms with Gasteiger partial charge >= 0.3 is 0 Å². The molecule has 0 spiro atoms. The van der Waals surface area contributed by atoms with Crippen molar-refractivity contribution in [2.24, 2.45) is 0 Å². The number of aryl methyl sites for hydroxylation is 1. The van der Waals surface area contributed by atoms with E-state index in [1.54, 1.807) is 6.92 Å². The summed E-state index contributed by atoms with van der Waals surface area (Å²) in [4.78, 5) is 7.99. The number of hydrogen-bond acceptors (Lipinski definition) is 5. The summed E-state index contributed by atoms with van der Waals surface area (Å²) in [6.07, 6.45) is 1.38. The predicted molar refractivity (Wildman–Crippen MR) is 88.8 cm³/mol. The predicted octanol–water partition coefficient (Wildman–Crippen LogP) is 3.35. The first-order chi connectivity index (χ1) is 9.70. The molecule has 10 heteroatoms. The Morgan fingerprint density at radius 1 is 1.33 bits per heavy atom. The highest BCUT2D eigenvalue weighted by molar-refractivity contribution is 9.11. The molecule has 0 aliphatic rings. The molecule has 0 aliphatic carbocycles. The molecular formula is C11H9Br2ClN4O2S. The van der Waals surface area contributed by atoms with Crippen LogP contribution >= 0.6 is 43.5 Å². The summed E-state index contributed by atoms with van der Waals surface area (Å²) < 4.78 is 27.9. The molecule has 1 aromatic carbocycles. The minimum Gasteiger partial charge on any atom is -0.397 e. The molecule has 2 aromatic rings. The van der Waals surface area contributed by atoms with Gasteiger partial charge in [0.15, 0.2) is 10.4 Å². The first-order valence-corrected chi connectivity index (χ1v) is 8.92. The zero-order valence-electron chi connectivity index (χ0n) is 10.6. The molecule has 0 unspecified atom stereocenters. The van der Waals surface area contributed by atoms with Gasteiger partial charge in [-0.2, -0.15) is 0 Å². The summed E-state index contributed by atoms with van der Waals surface area (Å²) in [7, 11) is -3.86. The Kier molecular flexibility index (Phi) is 4.76. The highest BCUT2D eigenvalue weighted by Gasteiger charge is 2.20. The minimum atomic E-state index is -3.86. The SMILES string of the molecule is Cc1cc(Cl)c(N)cc1S(=O)(=O)Nc1ncc(Br)nc1Br. The van der Waals surface area contributed by atoms with E-state index in [0.29, 0.717) is 15.2 Å². The summed E-state index contributed by atoms with van der Waals surface area (Å²) in [6, 6.07) is 2.80. The molecule has 0 aliphatic heterocycles. The Morgan fingerprint density at radius 2 is 2.00 bits per heavy atom. The number of nitrogens with zero attached hydrogens (tertiary/aromatic N) is 2. The van der Waals surface area contributed by atoms with Gasteiger partial charge in [0, 0.05) is 0 Å². The number of sulfonamides is 1. The first kappa shape index (κ1) is 16.5. The van der Waals surface area contributed by atoms with Gasteiger partial charge in [-0.1, -0.05) is 11.6 Å². The van der Waals surface area contributed by atoms with Crippen molar-refractivity contribution in [2.45, 2.75) is 11.8 Å². The maximum atomic E-state index is 12.4. The van der Waals surface area contributed by atoms with E-state index in [1.165, 1.54) is 18.3 Å². The molecule has 0 bridgehead atoms. The number of halogens is 3. The van der Waals surface area contributed by atoms with E-state index >= 15 is 0 Å². The molecule has 0 amide bonds. The van der Waals surface area contributed by atoms with Crippen LogP contribution in [-0.4, -0.2) is 18.4 Å². The van der Waals surface area contributed by atoms with E-state index in [-0.39, 0.29) is 21.0 Å². The summed E-state index contributed by atoms with van der Waals surface area (Å²) in [6.45, 7) is 1.63. The van der Waals surface area contributed by atoms with Crippen LogP contribution in [0.2, 0.25) is 5.02 Å². The average Bonchev–Trinajstić information content (AvgIpc) is 2.37. The number of nitrogens with two attached hydrogens (primary N) is 1. The van der Waals surface area contributed by atoms with Crippen LogP contribution in [0.1, 0.15) is 5.56 Å². The van der Waals surface area contributed by atoms with Crippen LogP contribution in [0, 0.1) is 6.92 Å². The lowest BCUT2D eigenvalue weighted by Gasteiger charge is -2.12. The molecule has 6 nitrogen and oxygen atoms in total. The number of nitrogens with one attached hydrogen (secondary N) is 1. The first-order valence-electron chi connectivity index (χ1n) is 5.47. The van der Waals surface area contributed by atoms with Gasteiger partial charge in [-0.05, 0) is 56.5 Å². The van der Waals surface area contributed by atoms with Crippen molar-refractivity contribution in [3.05, 3.63) is 38.1 Å². The van der Waals surface area contributed by atoms with Crippen LogP contribution < -0.4 is 10.5 Å². The smallest absolute Gasteiger partial charge is 0.263 e. The van der Waals surface area contributed by atoms with Crippen LogP contribution in [0.3, 0.4) is 0 Å². The maximum Gasteiger partial charge on any atom is 0.263 e. The van der Waals surface area contributed by atoms with Crippen molar-refractivity contribution >= 4 is 65.0 Å². The fourth-order valence-electron chi connectivity index (χ4n) is 1.56. The van der Waals surface area contributed by atoms with E-state index in [2.05, 4.69) is 46.5 Å². The van der Waals surface area contributed by atoms with E-state index in [0.717, 1.165) is 0 Å². The van der Waals surface area contributed by atoms with E-state index in [9.17, 15) is 8.42 Å². The van der Waals surface area contributed by atoms with Crippen molar-refractivity contribution in [2.75, 3.05) is 10.5 Å². The van der Waals surface area contributed by atoms with E-state index in [4.69, 9.17) is 17.3 Å². The van der Waals surface area contributed by atoms with Gasteiger partial charge in [0.2, 0.25) is 0 Å². The van der Waals surface area contributed by atoms with Gasteiger partial charge in [0.25, 0.3) is 10.0 Å². The molecule has 2 rings (SSSR count). The molecule has 0 atom stereocenters. The molecule has 0 saturated carbocycles. The Morgan fingerprint density at radius 3 is 2.62 bits per heavy atom. The maximum absolute atomic E-state index is 12.4. The fraction of sp³-hybridized carbons (Fsp3) is 0.0909. The zero-order valence-corrected chi connectivity index (χ0v) is 15.3. The summed E-state index contributed by atoms with van der Waals surface area (Å²) >= 11 is 12.1. The molecule has 0 saturated heterocycles. The Labute approximate surface area is 143 Å². The largest absolute Gasteiger partial charge is 0.397 e. The lowest BCUT2D eigenvalue weighted by molar-refractivity contribution is 0.600.